The van der Waals surface area contributed by atoms with Gasteiger partial charge in [0, 0.05) is 25.7 Å². The molecule has 0 aliphatic carbocycles. The van der Waals surface area contributed by atoms with Crippen molar-refractivity contribution in [3.05, 3.63) is 42.5 Å². The van der Waals surface area contributed by atoms with Crippen molar-refractivity contribution in [3.63, 3.8) is 0 Å². The number of aromatic nitrogens is 3. The van der Waals surface area contributed by atoms with Crippen LogP contribution in [-0.2, 0) is 16.1 Å². The minimum Gasteiger partial charge on any atom is -0.384 e. The number of piperidine rings is 1. The van der Waals surface area contributed by atoms with Crippen molar-refractivity contribution in [2.45, 2.75) is 19.4 Å². The van der Waals surface area contributed by atoms with Gasteiger partial charge in [-0.05, 0) is 43.6 Å². The van der Waals surface area contributed by atoms with Gasteiger partial charge in [-0.1, -0.05) is 0 Å². The Morgan fingerprint density at radius 3 is 2.83 bits per heavy atom. The van der Waals surface area contributed by atoms with Crippen LogP contribution in [0, 0.1) is 5.41 Å². The maximum Gasteiger partial charge on any atom is 0.233 e. The zero-order valence-corrected chi connectivity index (χ0v) is 13.9. The number of hydrogen-bond acceptors (Lipinski definition) is 5. The maximum atomic E-state index is 12.8. The molecule has 0 unspecified atom stereocenters. The minimum absolute atomic E-state index is 0.00862. The summed E-state index contributed by atoms with van der Waals surface area (Å²) in [6.45, 7) is 2.74. The van der Waals surface area contributed by atoms with Crippen LogP contribution in [0.4, 0.5) is 5.69 Å². The number of nitrogens with zero attached hydrogens (tertiary/aromatic N) is 3. The molecule has 2 aromatic heterocycles. The van der Waals surface area contributed by atoms with Crippen LogP contribution < -0.4 is 10.6 Å². The van der Waals surface area contributed by atoms with Crippen LogP contribution in [-0.4, -0.2) is 47.5 Å². The topological polar surface area (TPSA) is 81.1 Å². The van der Waals surface area contributed by atoms with Gasteiger partial charge < -0.3 is 15.4 Å². The lowest BCUT2D eigenvalue weighted by Gasteiger charge is -2.35. The van der Waals surface area contributed by atoms with E-state index in [1.165, 1.54) is 0 Å². The van der Waals surface area contributed by atoms with Gasteiger partial charge in [-0.2, -0.15) is 5.10 Å². The first-order valence-corrected chi connectivity index (χ1v) is 8.14. The first kappa shape index (κ1) is 16.6. The normalized spacial score (nSPS) is 16.7. The van der Waals surface area contributed by atoms with Crippen molar-refractivity contribution >= 4 is 11.6 Å². The molecule has 2 N–H and O–H groups in total. The third-order valence-corrected chi connectivity index (χ3v) is 4.45. The fourth-order valence-electron chi connectivity index (χ4n) is 3.07. The molecule has 1 fully saturated rings. The Labute approximate surface area is 141 Å². The Morgan fingerprint density at radius 2 is 2.12 bits per heavy atom. The Hall–Kier alpha value is -2.25. The zero-order chi connectivity index (χ0) is 16.8. The second-order valence-electron chi connectivity index (χ2n) is 6.20. The summed E-state index contributed by atoms with van der Waals surface area (Å²) in [6, 6.07) is 3.89. The van der Waals surface area contributed by atoms with E-state index in [9.17, 15) is 4.79 Å². The predicted octanol–water partition coefficient (Wildman–Crippen LogP) is 1.28. The Bertz CT molecular complexity index is 659. The molecular formula is C17H23N5O2. The summed E-state index contributed by atoms with van der Waals surface area (Å²) < 4.78 is 7.11. The highest BCUT2D eigenvalue weighted by Crippen LogP contribution is 2.30. The molecular weight excluding hydrogens is 306 g/mol. The van der Waals surface area contributed by atoms with E-state index in [1.54, 1.807) is 30.4 Å². The first-order chi connectivity index (χ1) is 11.7. The molecule has 3 rings (SSSR count). The molecule has 2 aromatic rings. The number of amides is 1. The fourth-order valence-corrected chi connectivity index (χ4v) is 3.07. The van der Waals surface area contributed by atoms with Gasteiger partial charge in [0.25, 0.3) is 0 Å². The van der Waals surface area contributed by atoms with E-state index in [2.05, 4.69) is 20.7 Å². The Balaban J connectivity index is 1.66. The fraction of sp³-hybridized carbons (Fsp3) is 0.471. The molecule has 1 amide bonds. The van der Waals surface area contributed by atoms with E-state index in [-0.39, 0.29) is 5.91 Å². The average molecular weight is 329 g/mol. The van der Waals surface area contributed by atoms with Gasteiger partial charge in [0.15, 0.2) is 0 Å². The highest BCUT2D eigenvalue weighted by Gasteiger charge is 2.39. The number of carbonyl (C=O) groups excluding carboxylic acids is 1. The van der Waals surface area contributed by atoms with Crippen molar-refractivity contribution in [3.8, 4) is 0 Å². The highest BCUT2D eigenvalue weighted by atomic mass is 16.5. The van der Waals surface area contributed by atoms with E-state index >= 15 is 0 Å². The Morgan fingerprint density at radius 1 is 1.38 bits per heavy atom. The van der Waals surface area contributed by atoms with Crippen LogP contribution in [0.2, 0.25) is 0 Å². The van der Waals surface area contributed by atoms with Crippen LogP contribution in [0.25, 0.3) is 0 Å². The summed E-state index contributed by atoms with van der Waals surface area (Å²) in [5.41, 5.74) is 1.36. The van der Waals surface area contributed by atoms with E-state index in [0.717, 1.165) is 31.5 Å². The standard InChI is InChI=1S/C17H23N5O2/c1-24-13-17(4-8-19-9-5-17)16(23)21-15-10-20-22(12-15)11-14-2-6-18-7-3-14/h2-3,6-7,10,12,19H,4-5,8-9,11,13H2,1H3,(H,21,23). The van der Waals surface area contributed by atoms with Crippen LogP contribution in [0.5, 0.6) is 0 Å². The SMILES string of the molecule is COCC1(C(=O)Nc2cnn(Cc3ccncc3)c2)CCNCC1. The Kier molecular flexibility index (Phi) is 5.22. The van der Waals surface area contributed by atoms with Gasteiger partial charge in [-0.3, -0.25) is 14.5 Å². The van der Waals surface area contributed by atoms with Crippen LogP contribution >= 0.6 is 0 Å². The molecule has 3 heterocycles. The van der Waals surface area contributed by atoms with Crippen molar-refractivity contribution < 1.29 is 9.53 Å². The second-order valence-corrected chi connectivity index (χ2v) is 6.20. The number of pyridine rings is 1. The molecule has 0 saturated carbocycles. The predicted molar refractivity (Wildman–Crippen MR) is 90.6 cm³/mol. The van der Waals surface area contributed by atoms with Crippen molar-refractivity contribution in [1.82, 2.24) is 20.1 Å². The summed E-state index contributed by atoms with van der Waals surface area (Å²) in [7, 11) is 1.64. The molecule has 128 valence electrons. The lowest BCUT2D eigenvalue weighted by atomic mass is 9.78. The lowest BCUT2D eigenvalue weighted by Crippen LogP contribution is -2.47. The van der Waals surface area contributed by atoms with Gasteiger partial charge in [-0.25, -0.2) is 0 Å². The molecule has 0 radical (unpaired) electrons. The average Bonchev–Trinajstić information content (AvgIpc) is 3.04. The summed E-state index contributed by atoms with van der Waals surface area (Å²) >= 11 is 0. The van der Waals surface area contributed by atoms with Crippen molar-refractivity contribution in [2.75, 3.05) is 32.1 Å². The molecule has 7 heteroatoms. The molecule has 1 saturated heterocycles. The minimum atomic E-state index is -0.465. The van der Waals surface area contributed by atoms with Crippen LogP contribution in [0.3, 0.4) is 0 Å². The molecule has 24 heavy (non-hydrogen) atoms. The largest absolute Gasteiger partial charge is 0.384 e. The summed E-state index contributed by atoms with van der Waals surface area (Å²) in [5.74, 6) is 0.00862. The van der Waals surface area contributed by atoms with E-state index < -0.39 is 5.41 Å². The molecule has 0 spiro atoms. The van der Waals surface area contributed by atoms with Gasteiger partial charge >= 0.3 is 0 Å². The smallest absolute Gasteiger partial charge is 0.233 e. The number of hydrogen-bond donors (Lipinski definition) is 2. The van der Waals surface area contributed by atoms with E-state index in [0.29, 0.717) is 18.8 Å². The van der Waals surface area contributed by atoms with E-state index in [1.807, 2.05) is 18.3 Å². The van der Waals surface area contributed by atoms with Crippen LogP contribution in [0.15, 0.2) is 36.9 Å². The lowest BCUT2D eigenvalue weighted by molar-refractivity contribution is -0.130. The zero-order valence-electron chi connectivity index (χ0n) is 13.9. The van der Waals surface area contributed by atoms with Crippen LogP contribution in [0.1, 0.15) is 18.4 Å². The monoisotopic (exact) mass is 329 g/mol. The molecule has 7 nitrogen and oxygen atoms in total. The van der Waals surface area contributed by atoms with Crippen molar-refractivity contribution in [1.29, 1.82) is 0 Å². The summed E-state index contributed by atoms with van der Waals surface area (Å²) in [4.78, 5) is 16.8. The maximum absolute atomic E-state index is 12.8. The van der Waals surface area contributed by atoms with Gasteiger partial charge in [0.1, 0.15) is 0 Å². The number of anilines is 1. The second kappa shape index (κ2) is 7.55. The highest BCUT2D eigenvalue weighted by molar-refractivity contribution is 5.95. The van der Waals surface area contributed by atoms with Gasteiger partial charge in [-0.15, -0.1) is 0 Å². The molecule has 1 aliphatic rings. The third kappa shape index (κ3) is 3.80. The first-order valence-electron chi connectivity index (χ1n) is 8.14. The summed E-state index contributed by atoms with van der Waals surface area (Å²) in [6.07, 6.45) is 8.59. The quantitative estimate of drug-likeness (QED) is 0.834. The number of methoxy groups -OCH3 is 1. The number of ether oxygens (including phenoxy) is 1. The number of carbonyl (C=O) groups is 1. The third-order valence-electron chi connectivity index (χ3n) is 4.45. The van der Waals surface area contributed by atoms with Gasteiger partial charge in [0.2, 0.25) is 5.91 Å². The molecule has 1 aliphatic heterocycles. The number of nitrogens with one attached hydrogen (secondary N) is 2. The molecule has 0 bridgehead atoms. The van der Waals surface area contributed by atoms with Crippen molar-refractivity contribution in [2.24, 2.45) is 5.41 Å². The molecule has 0 atom stereocenters. The van der Waals surface area contributed by atoms with E-state index in [4.69, 9.17) is 4.74 Å². The molecule has 0 aromatic carbocycles. The summed E-state index contributed by atoms with van der Waals surface area (Å²) in [5, 5.41) is 10.6. The van der Waals surface area contributed by atoms with Gasteiger partial charge in [0.05, 0.1) is 30.5 Å². The number of rotatable bonds is 6.